The number of ether oxygens (including phenoxy) is 1. The van der Waals surface area contributed by atoms with E-state index in [1.807, 2.05) is 29.4 Å². The van der Waals surface area contributed by atoms with Gasteiger partial charge in [-0.25, -0.2) is 0 Å². The van der Waals surface area contributed by atoms with Gasteiger partial charge in [0, 0.05) is 10.8 Å². The van der Waals surface area contributed by atoms with E-state index in [0.29, 0.717) is 11.3 Å². The highest BCUT2D eigenvalue weighted by Crippen LogP contribution is 2.45. The van der Waals surface area contributed by atoms with Gasteiger partial charge in [-0.2, -0.15) is 15.6 Å². The van der Waals surface area contributed by atoms with E-state index in [1.54, 1.807) is 7.11 Å². The van der Waals surface area contributed by atoms with Crippen LogP contribution < -0.4 is 15.3 Å². The molecule has 0 saturated carbocycles. The van der Waals surface area contributed by atoms with Crippen molar-refractivity contribution in [2.75, 3.05) is 12.2 Å². The quantitative estimate of drug-likeness (QED) is 0.226. The van der Waals surface area contributed by atoms with E-state index in [2.05, 4.69) is 102 Å². The Balaban J connectivity index is 1.24. The maximum Gasteiger partial charge on any atom is 0.189 e. The Hall–Kier alpha value is -5.39. The number of hydrazine groups is 1. The van der Waals surface area contributed by atoms with Crippen molar-refractivity contribution in [2.24, 2.45) is 5.10 Å². The molecule has 6 aromatic carbocycles. The van der Waals surface area contributed by atoms with Gasteiger partial charge >= 0.3 is 0 Å². The van der Waals surface area contributed by atoms with Crippen LogP contribution >= 0.6 is 0 Å². The van der Waals surface area contributed by atoms with Crippen LogP contribution in [0.5, 0.6) is 5.75 Å². The highest BCUT2D eigenvalue weighted by atomic mass is 16.5. The molecule has 1 aliphatic carbocycles. The molecule has 5 heteroatoms. The summed E-state index contributed by atoms with van der Waals surface area (Å²) in [5.41, 5.74) is 11.7. The summed E-state index contributed by atoms with van der Waals surface area (Å²) in [4.78, 5) is 0. The van der Waals surface area contributed by atoms with Gasteiger partial charge in [0.2, 0.25) is 0 Å². The first-order chi connectivity index (χ1) is 20.8. The second-order valence-electron chi connectivity index (χ2n) is 10.8. The predicted molar refractivity (Wildman–Crippen MR) is 171 cm³/mol. The molecule has 1 aromatic heterocycles. The van der Waals surface area contributed by atoms with Crippen LogP contribution in [0.3, 0.4) is 0 Å². The second kappa shape index (κ2) is 8.80. The minimum atomic E-state index is -0.0900. The SMILES string of the molecule is COc1c(N2N=C3C=C(c4cc5ccccc5c5ccccc45)c4ccccc4C3N2)ccc2c1oc1ccccc12. The topological polar surface area (TPSA) is 50.0 Å². The molecule has 0 bridgehead atoms. The lowest BCUT2D eigenvalue weighted by Crippen LogP contribution is -2.33. The van der Waals surface area contributed by atoms with Crippen molar-refractivity contribution < 1.29 is 9.15 Å². The molecule has 7 aromatic rings. The molecule has 0 saturated heterocycles. The first kappa shape index (κ1) is 23.3. The monoisotopic (exact) mass is 543 g/mol. The third-order valence-corrected chi connectivity index (χ3v) is 8.59. The molecule has 1 N–H and O–H groups in total. The third kappa shape index (κ3) is 3.25. The molecule has 1 unspecified atom stereocenters. The fourth-order valence-electron chi connectivity index (χ4n) is 6.69. The number of nitrogens with one attached hydrogen (secondary N) is 1. The molecule has 9 rings (SSSR count). The van der Waals surface area contributed by atoms with E-state index < -0.39 is 0 Å². The summed E-state index contributed by atoms with van der Waals surface area (Å²) >= 11 is 0. The predicted octanol–water partition coefficient (Wildman–Crippen LogP) is 8.77. The van der Waals surface area contributed by atoms with Crippen molar-refractivity contribution >= 4 is 60.5 Å². The fraction of sp³-hybridized carbons (Fsp3) is 0.0541. The summed E-state index contributed by atoms with van der Waals surface area (Å²) in [6.07, 6.45) is 2.24. The number of para-hydroxylation sites is 1. The Labute approximate surface area is 241 Å². The van der Waals surface area contributed by atoms with Crippen LogP contribution in [0, 0.1) is 0 Å². The summed E-state index contributed by atoms with van der Waals surface area (Å²) in [7, 11) is 1.68. The van der Waals surface area contributed by atoms with Crippen LogP contribution in [0.15, 0.2) is 131 Å². The van der Waals surface area contributed by atoms with Gasteiger partial charge < -0.3 is 9.15 Å². The summed E-state index contributed by atoms with van der Waals surface area (Å²) < 4.78 is 12.2. The second-order valence-corrected chi connectivity index (χ2v) is 10.8. The zero-order valence-electron chi connectivity index (χ0n) is 22.8. The van der Waals surface area contributed by atoms with Crippen LogP contribution in [-0.4, -0.2) is 12.8 Å². The van der Waals surface area contributed by atoms with E-state index in [-0.39, 0.29) is 6.04 Å². The smallest absolute Gasteiger partial charge is 0.189 e. The molecule has 2 aliphatic rings. The van der Waals surface area contributed by atoms with E-state index in [0.717, 1.165) is 27.8 Å². The number of furan rings is 1. The van der Waals surface area contributed by atoms with Crippen LogP contribution in [0.1, 0.15) is 22.7 Å². The van der Waals surface area contributed by atoms with Crippen molar-refractivity contribution in [3.8, 4) is 5.75 Å². The molecular weight excluding hydrogens is 518 g/mol. The average Bonchev–Trinajstić information content (AvgIpc) is 3.65. The lowest BCUT2D eigenvalue weighted by Gasteiger charge is -2.25. The Morgan fingerprint density at radius 2 is 1.45 bits per heavy atom. The molecule has 0 radical (unpaired) electrons. The van der Waals surface area contributed by atoms with E-state index >= 15 is 0 Å². The molecule has 200 valence electrons. The van der Waals surface area contributed by atoms with Crippen molar-refractivity contribution in [3.05, 3.63) is 138 Å². The van der Waals surface area contributed by atoms with E-state index in [1.165, 1.54) is 43.8 Å². The molecule has 5 nitrogen and oxygen atoms in total. The van der Waals surface area contributed by atoms with E-state index in [4.69, 9.17) is 14.3 Å². The van der Waals surface area contributed by atoms with Gasteiger partial charge in [-0.3, -0.25) is 0 Å². The Bertz CT molecular complexity index is 2290. The molecule has 42 heavy (non-hydrogen) atoms. The van der Waals surface area contributed by atoms with Crippen molar-refractivity contribution in [1.29, 1.82) is 0 Å². The number of hydrogen-bond acceptors (Lipinski definition) is 5. The van der Waals surface area contributed by atoms with Gasteiger partial charge in [0.15, 0.2) is 11.3 Å². The number of hydrazone groups is 1. The molecule has 2 heterocycles. The van der Waals surface area contributed by atoms with Crippen LogP contribution in [0.2, 0.25) is 0 Å². The molecule has 0 amide bonds. The number of nitrogens with zero attached hydrogens (tertiary/aromatic N) is 2. The Morgan fingerprint density at radius 1 is 0.714 bits per heavy atom. The summed E-state index contributed by atoms with van der Waals surface area (Å²) in [5, 5.41) is 14.0. The fourth-order valence-corrected chi connectivity index (χ4v) is 6.69. The number of fused-ring (bicyclic) bond motifs is 9. The van der Waals surface area contributed by atoms with Gasteiger partial charge in [-0.1, -0.05) is 91.0 Å². The number of benzene rings is 6. The standard InChI is InChI=1S/C37H25N3O2/c1-41-37-33(19-18-29-27-15-8-9-17-34(27)42-36(29)37)40-38-32-21-31(26-14-6-7-16-28(26)35(32)39-40)30-20-22-10-2-3-11-23(22)24-12-4-5-13-25(24)30/h2-21,35,39H,1H3. The van der Waals surface area contributed by atoms with E-state index in [9.17, 15) is 0 Å². The van der Waals surface area contributed by atoms with Crippen LogP contribution in [-0.2, 0) is 0 Å². The van der Waals surface area contributed by atoms with Crippen molar-refractivity contribution in [3.63, 3.8) is 0 Å². The maximum absolute atomic E-state index is 6.26. The van der Waals surface area contributed by atoms with Crippen molar-refractivity contribution in [1.82, 2.24) is 5.43 Å². The van der Waals surface area contributed by atoms with Crippen molar-refractivity contribution in [2.45, 2.75) is 6.04 Å². The molecular formula is C37H25N3O2. The minimum Gasteiger partial charge on any atom is -0.491 e. The molecule has 1 aliphatic heterocycles. The summed E-state index contributed by atoms with van der Waals surface area (Å²) in [6, 6.07) is 40.3. The Morgan fingerprint density at radius 3 is 2.33 bits per heavy atom. The lowest BCUT2D eigenvalue weighted by molar-refractivity contribution is 0.410. The molecule has 0 fully saturated rings. The largest absolute Gasteiger partial charge is 0.491 e. The number of hydrogen-bond donors (Lipinski definition) is 1. The van der Waals surface area contributed by atoms with Crippen LogP contribution in [0.25, 0.3) is 49.1 Å². The summed E-state index contributed by atoms with van der Waals surface area (Å²) in [5.74, 6) is 0.650. The van der Waals surface area contributed by atoms with Gasteiger partial charge in [0.1, 0.15) is 11.3 Å². The average molecular weight is 544 g/mol. The number of methoxy groups -OCH3 is 1. The molecule has 0 spiro atoms. The van der Waals surface area contributed by atoms with Gasteiger partial charge in [-0.05, 0) is 74.1 Å². The maximum atomic E-state index is 6.26. The Kier molecular flexibility index (Phi) is 4.89. The zero-order valence-corrected chi connectivity index (χ0v) is 22.8. The third-order valence-electron chi connectivity index (χ3n) is 8.59. The minimum absolute atomic E-state index is 0.0900. The highest BCUT2D eigenvalue weighted by Gasteiger charge is 2.35. The first-order valence-corrected chi connectivity index (χ1v) is 14.1. The first-order valence-electron chi connectivity index (χ1n) is 14.1. The van der Waals surface area contributed by atoms with Crippen LogP contribution in [0.4, 0.5) is 5.69 Å². The molecule has 1 atom stereocenters. The highest BCUT2D eigenvalue weighted by molar-refractivity contribution is 6.18. The van der Waals surface area contributed by atoms with Gasteiger partial charge in [0.25, 0.3) is 0 Å². The number of rotatable bonds is 3. The van der Waals surface area contributed by atoms with Gasteiger partial charge in [-0.15, -0.1) is 0 Å². The normalized spacial score (nSPS) is 16.1. The zero-order chi connectivity index (χ0) is 27.8. The lowest BCUT2D eigenvalue weighted by atomic mass is 9.81. The summed E-state index contributed by atoms with van der Waals surface area (Å²) in [6.45, 7) is 0. The number of anilines is 1. The van der Waals surface area contributed by atoms with Gasteiger partial charge in [0.05, 0.1) is 18.9 Å².